The highest BCUT2D eigenvalue weighted by molar-refractivity contribution is 5.94. The summed E-state index contributed by atoms with van der Waals surface area (Å²) in [6.45, 7) is 0.531. The molecule has 0 radical (unpaired) electrons. The van der Waals surface area contributed by atoms with Crippen molar-refractivity contribution in [2.24, 2.45) is 11.7 Å². The molecule has 1 unspecified atom stereocenters. The van der Waals surface area contributed by atoms with Crippen molar-refractivity contribution in [2.75, 3.05) is 6.54 Å². The summed E-state index contributed by atoms with van der Waals surface area (Å²) in [6, 6.07) is 9.41. The molecule has 3 nitrogen and oxygen atoms in total. The van der Waals surface area contributed by atoms with Crippen LogP contribution in [0.25, 0.3) is 0 Å². The van der Waals surface area contributed by atoms with Gasteiger partial charge >= 0.3 is 0 Å². The molecule has 1 aromatic rings. The summed E-state index contributed by atoms with van der Waals surface area (Å²) < 4.78 is 0. The number of rotatable bonds is 4. The number of carbonyl (C=O) groups excluding carboxylic acids is 1. The van der Waals surface area contributed by atoms with Crippen LogP contribution in [0.15, 0.2) is 30.3 Å². The maximum Gasteiger partial charge on any atom is 0.251 e. The first-order chi connectivity index (χ1) is 7.31. The van der Waals surface area contributed by atoms with E-state index in [2.05, 4.69) is 5.32 Å². The highest BCUT2D eigenvalue weighted by atomic mass is 16.1. The molecule has 0 heterocycles. The quantitative estimate of drug-likeness (QED) is 0.773. The van der Waals surface area contributed by atoms with E-state index in [9.17, 15) is 4.79 Å². The van der Waals surface area contributed by atoms with Gasteiger partial charge in [0.2, 0.25) is 0 Å². The molecule has 0 bridgehead atoms. The zero-order valence-electron chi connectivity index (χ0n) is 8.65. The fourth-order valence-electron chi connectivity index (χ4n) is 1.71. The van der Waals surface area contributed by atoms with E-state index in [0.29, 0.717) is 18.0 Å². The van der Waals surface area contributed by atoms with Crippen molar-refractivity contribution >= 4 is 5.91 Å². The highest BCUT2D eigenvalue weighted by Crippen LogP contribution is 2.32. The predicted octanol–water partition coefficient (Wildman–Crippen LogP) is 1.15. The number of hydrogen-bond acceptors (Lipinski definition) is 2. The standard InChI is InChI=1S/C12H16N2O/c13-8-11(9-6-7-9)14-12(15)10-4-2-1-3-5-10/h1-5,9,11H,6-8,13H2,(H,14,15). The third-order valence-corrected chi connectivity index (χ3v) is 2.80. The largest absolute Gasteiger partial charge is 0.348 e. The van der Waals surface area contributed by atoms with Crippen LogP contribution in [0.5, 0.6) is 0 Å². The zero-order chi connectivity index (χ0) is 10.7. The van der Waals surface area contributed by atoms with Crippen molar-refractivity contribution in [3.05, 3.63) is 35.9 Å². The minimum atomic E-state index is -0.0158. The van der Waals surface area contributed by atoms with Gasteiger partial charge in [0, 0.05) is 18.2 Å². The molecule has 80 valence electrons. The first-order valence-electron chi connectivity index (χ1n) is 5.37. The molecule has 1 aliphatic carbocycles. The molecule has 1 saturated carbocycles. The Labute approximate surface area is 89.7 Å². The van der Waals surface area contributed by atoms with Crippen LogP contribution < -0.4 is 11.1 Å². The highest BCUT2D eigenvalue weighted by Gasteiger charge is 2.31. The molecular weight excluding hydrogens is 188 g/mol. The minimum Gasteiger partial charge on any atom is -0.348 e. The first kappa shape index (κ1) is 10.2. The Hall–Kier alpha value is -1.35. The Morgan fingerprint density at radius 1 is 1.40 bits per heavy atom. The van der Waals surface area contributed by atoms with E-state index in [1.165, 1.54) is 12.8 Å². The van der Waals surface area contributed by atoms with Crippen molar-refractivity contribution in [1.29, 1.82) is 0 Å². The van der Waals surface area contributed by atoms with E-state index >= 15 is 0 Å². The summed E-state index contributed by atoms with van der Waals surface area (Å²) in [4.78, 5) is 11.8. The average molecular weight is 204 g/mol. The maximum atomic E-state index is 11.8. The smallest absolute Gasteiger partial charge is 0.251 e. The molecule has 1 aliphatic rings. The van der Waals surface area contributed by atoms with Gasteiger partial charge in [-0.15, -0.1) is 0 Å². The van der Waals surface area contributed by atoms with Crippen LogP contribution in [0.3, 0.4) is 0 Å². The van der Waals surface area contributed by atoms with E-state index < -0.39 is 0 Å². The Morgan fingerprint density at radius 3 is 2.60 bits per heavy atom. The van der Waals surface area contributed by atoms with Gasteiger partial charge in [-0.1, -0.05) is 18.2 Å². The lowest BCUT2D eigenvalue weighted by Gasteiger charge is -2.15. The second-order valence-corrected chi connectivity index (χ2v) is 4.02. The number of nitrogens with two attached hydrogens (primary N) is 1. The van der Waals surface area contributed by atoms with Gasteiger partial charge in [0.15, 0.2) is 0 Å². The van der Waals surface area contributed by atoms with Gasteiger partial charge in [-0.2, -0.15) is 0 Å². The molecule has 3 heteroatoms. The number of amides is 1. The number of carbonyl (C=O) groups is 1. The Bertz CT molecular complexity index is 333. The lowest BCUT2D eigenvalue weighted by atomic mass is 10.1. The van der Waals surface area contributed by atoms with E-state index in [-0.39, 0.29) is 11.9 Å². The topological polar surface area (TPSA) is 55.1 Å². The van der Waals surface area contributed by atoms with Gasteiger partial charge < -0.3 is 11.1 Å². The van der Waals surface area contributed by atoms with Crippen LogP contribution in [0.4, 0.5) is 0 Å². The van der Waals surface area contributed by atoms with Crippen molar-refractivity contribution in [3.8, 4) is 0 Å². The molecule has 3 N–H and O–H groups in total. The van der Waals surface area contributed by atoms with Crippen LogP contribution in [0, 0.1) is 5.92 Å². The van der Waals surface area contributed by atoms with E-state index in [4.69, 9.17) is 5.73 Å². The second kappa shape index (κ2) is 4.45. The van der Waals surface area contributed by atoms with E-state index in [0.717, 1.165) is 0 Å². The monoisotopic (exact) mass is 204 g/mol. The fourth-order valence-corrected chi connectivity index (χ4v) is 1.71. The van der Waals surface area contributed by atoms with Crippen molar-refractivity contribution < 1.29 is 4.79 Å². The van der Waals surface area contributed by atoms with Crippen molar-refractivity contribution in [3.63, 3.8) is 0 Å². The lowest BCUT2D eigenvalue weighted by Crippen LogP contribution is -2.41. The SMILES string of the molecule is NCC(NC(=O)c1ccccc1)C1CC1. The predicted molar refractivity (Wildman–Crippen MR) is 59.5 cm³/mol. The zero-order valence-corrected chi connectivity index (χ0v) is 8.65. The van der Waals surface area contributed by atoms with Gasteiger partial charge in [0.25, 0.3) is 5.91 Å². The number of nitrogens with one attached hydrogen (secondary N) is 1. The van der Waals surface area contributed by atoms with Crippen LogP contribution in [0.1, 0.15) is 23.2 Å². The third kappa shape index (κ3) is 2.57. The molecule has 2 rings (SSSR count). The Kier molecular flexibility index (Phi) is 3.02. The summed E-state index contributed by atoms with van der Waals surface area (Å²) in [5.41, 5.74) is 6.33. The summed E-state index contributed by atoms with van der Waals surface area (Å²) >= 11 is 0. The molecule has 0 aliphatic heterocycles. The van der Waals surface area contributed by atoms with Crippen LogP contribution >= 0.6 is 0 Å². The molecular formula is C12H16N2O. The third-order valence-electron chi connectivity index (χ3n) is 2.80. The molecule has 0 saturated heterocycles. The van der Waals surface area contributed by atoms with Crippen LogP contribution in [-0.4, -0.2) is 18.5 Å². The summed E-state index contributed by atoms with van der Waals surface area (Å²) in [5, 5.41) is 2.98. The maximum absolute atomic E-state index is 11.8. The molecule has 0 spiro atoms. The fraction of sp³-hybridized carbons (Fsp3) is 0.417. The van der Waals surface area contributed by atoms with Gasteiger partial charge in [-0.05, 0) is 30.9 Å². The number of hydrogen-bond donors (Lipinski definition) is 2. The van der Waals surface area contributed by atoms with Crippen LogP contribution in [0.2, 0.25) is 0 Å². The van der Waals surface area contributed by atoms with Gasteiger partial charge in [-0.3, -0.25) is 4.79 Å². The molecule has 1 aromatic carbocycles. The average Bonchev–Trinajstić information content (AvgIpc) is 3.10. The Balaban J connectivity index is 1.96. The van der Waals surface area contributed by atoms with Crippen molar-refractivity contribution in [2.45, 2.75) is 18.9 Å². The minimum absolute atomic E-state index is 0.0158. The van der Waals surface area contributed by atoms with E-state index in [1.807, 2.05) is 30.3 Å². The molecule has 15 heavy (non-hydrogen) atoms. The molecule has 1 atom stereocenters. The Morgan fingerprint density at radius 2 is 2.07 bits per heavy atom. The van der Waals surface area contributed by atoms with Gasteiger partial charge in [0.1, 0.15) is 0 Å². The number of benzene rings is 1. The van der Waals surface area contributed by atoms with Crippen LogP contribution in [-0.2, 0) is 0 Å². The summed E-state index contributed by atoms with van der Waals surface area (Å²) in [7, 11) is 0. The van der Waals surface area contributed by atoms with Crippen molar-refractivity contribution in [1.82, 2.24) is 5.32 Å². The molecule has 0 aromatic heterocycles. The normalized spacial score (nSPS) is 17.1. The van der Waals surface area contributed by atoms with Gasteiger partial charge in [0.05, 0.1) is 0 Å². The molecule has 1 amide bonds. The van der Waals surface area contributed by atoms with E-state index in [1.54, 1.807) is 0 Å². The molecule has 1 fully saturated rings. The van der Waals surface area contributed by atoms with Gasteiger partial charge in [-0.25, -0.2) is 0 Å². The lowest BCUT2D eigenvalue weighted by molar-refractivity contribution is 0.0933. The first-order valence-corrected chi connectivity index (χ1v) is 5.37. The second-order valence-electron chi connectivity index (χ2n) is 4.02. The summed E-state index contributed by atoms with van der Waals surface area (Å²) in [6.07, 6.45) is 2.38. The summed E-state index contributed by atoms with van der Waals surface area (Å²) in [5.74, 6) is 0.584.